The molecule has 3 heteroatoms. The Morgan fingerprint density at radius 3 is 2.53 bits per heavy atom. The summed E-state index contributed by atoms with van der Waals surface area (Å²) in [4.78, 5) is 11.1. The monoisotopic (exact) mass is 254 g/mol. The number of ether oxygens (including phenoxy) is 1. The second-order valence-corrected chi connectivity index (χ2v) is 4.37. The Kier molecular flexibility index (Phi) is 2.88. The van der Waals surface area contributed by atoms with Crippen molar-refractivity contribution < 1.29 is 13.9 Å². The van der Waals surface area contributed by atoms with Crippen molar-refractivity contribution in [3.63, 3.8) is 0 Å². The van der Waals surface area contributed by atoms with Crippen LogP contribution < -0.4 is 4.74 Å². The van der Waals surface area contributed by atoms with Crippen molar-refractivity contribution in [2.45, 2.75) is 5.92 Å². The maximum Gasteiger partial charge on any atom is 0.131 e. The highest BCUT2D eigenvalue weighted by Gasteiger charge is 2.17. The smallest absolute Gasteiger partial charge is 0.131 e. The van der Waals surface area contributed by atoms with Crippen molar-refractivity contribution in [1.82, 2.24) is 0 Å². The Morgan fingerprint density at radius 2 is 1.79 bits per heavy atom. The summed E-state index contributed by atoms with van der Waals surface area (Å²) in [5, 5.41) is 0. The molecule has 0 bridgehead atoms. The predicted octanol–water partition coefficient (Wildman–Crippen LogP) is 3.68. The quantitative estimate of drug-likeness (QED) is 0.764. The van der Waals surface area contributed by atoms with E-state index in [-0.39, 0.29) is 11.7 Å². The van der Waals surface area contributed by atoms with Crippen LogP contribution in [0.4, 0.5) is 4.39 Å². The topological polar surface area (TPSA) is 26.3 Å². The number of allylic oxidation sites excluding steroid dienone is 1. The lowest BCUT2D eigenvalue weighted by atomic mass is 9.94. The van der Waals surface area contributed by atoms with Gasteiger partial charge >= 0.3 is 0 Å². The molecule has 1 aliphatic heterocycles. The van der Waals surface area contributed by atoms with Crippen molar-refractivity contribution in [1.29, 1.82) is 0 Å². The zero-order valence-corrected chi connectivity index (χ0v) is 10.0. The fourth-order valence-electron chi connectivity index (χ4n) is 2.16. The van der Waals surface area contributed by atoms with Crippen LogP contribution >= 0.6 is 0 Å². The summed E-state index contributed by atoms with van der Waals surface area (Å²) < 4.78 is 18.3. The molecular weight excluding hydrogens is 243 g/mol. The van der Waals surface area contributed by atoms with Gasteiger partial charge in [-0.05, 0) is 41.5 Å². The standard InChI is InChI=1S/C16H11FO2/c17-14-4-1-11(2-5-14)12-3-6-16-15(9-12)13(10-18)7-8-19-16/h1-10,13H. The van der Waals surface area contributed by atoms with E-state index in [1.54, 1.807) is 18.2 Å². The van der Waals surface area contributed by atoms with Crippen LogP contribution in [0, 0.1) is 5.82 Å². The minimum Gasteiger partial charge on any atom is -0.465 e. The molecule has 94 valence electrons. The van der Waals surface area contributed by atoms with Crippen LogP contribution in [0.2, 0.25) is 0 Å². The van der Waals surface area contributed by atoms with Gasteiger partial charge in [-0.25, -0.2) is 4.39 Å². The van der Waals surface area contributed by atoms with Crippen molar-refractivity contribution in [3.05, 3.63) is 66.2 Å². The van der Waals surface area contributed by atoms with E-state index in [9.17, 15) is 9.18 Å². The zero-order valence-electron chi connectivity index (χ0n) is 10.0. The molecule has 0 spiro atoms. The first-order valence-electron chi connectivity index (χ1n) is 5.96. The number of hydrogen-bond acceptors (Lipinski definition) is 2. The minimum absolute atomic E-state index is 0.265. The molecule has 1 atom stereocenters. The van der Waals surface area contributed by atoms with E-state index in [0.29, 0.717) is 5.75 Å². The molecule has 2 nitrogen and oxygen atoms in total. The third-order valence-corrected chi connectivity index (χ3v) is 3.17. The first kappa shape index (κ1) is 11.7. The Hall–Kier alpha value is -2.42. The second-order valence-electron chi connectivity index (χ2n) is 4.37. The SMILES string of the molecule is O=CC1C=COc2ccc(-c3ccc(F)cc3)cc21. The fourth-order valence-corrected chi connectivity index (χ4v) is 2.16. The van der Waals surface area contributed by atoms with Gasteiger partial charge in [0.05, 0.1) is 12.2 Å². The lowest BCUT2D eigenvalue weighted by molar-refractivity contribution is -0.108. The highest BCUT2D eigenvalue weighted by Crippen LogP contribution is 2.34. The lowest BCUT2D eigenvalue weighted by Gasteiger charge is -2.17. The molecule has 19 heavy (non-hydrogen) atoms. The molecule has 2 aromatic carbocycles. The molecule has 0 aromatic heterocycles. The van der Waals surface area contributed by atoms with E-state index >= 15 is 0 Å². The largest absolute Gasteiger partial charge is 0.465 e. The van der Waals surface area contributed by atoms with E-state index in [0.717, 1.165) is 23.0 Å². The van der Waals surface area contributed by atoms with Crippen molar-refractivity contribution in [2.24, 2.45) is 0 Å². The van der Waals surface area contributed by atoms with E-state index in [1.165, 1.54) is 18.4 Å². The van der Waals surface area contributed by atoms with Crippen LogP contribution in [0.15, 0.2) is 54.8 Å². The van der Waals surface area contributed by atoms with Crippen LogP contribution in [0.1, 0.15) is 11.5 Å². The van der Waals surface area contributed by atoms with Crippen LogP contribution in [0.3, 0.4) is 0 Å². The Bertz CT molecular complexity index is 644. The number of rotatable bonds is 2. The maximum absolute atomic E-state index is 12.9. The molecule has 0 amide bonds. The summed E-state index contributed by atoms with van der Waals surface area (Å²) in [5.41, 5.74) is 2.67. The highest BCUT2D eigenvalue weighted by atomic mass is 19.1. The average molecular weight is 254 g/mol. The molecule has 0 N–H and O–H groups in total. The van der Waals surface area contributed by atoms with Gasteiger partial charge < -0.3 is 9.53 Å². The van der Waals surface area contributed by atoms with Crippen LogP contribution in [0.5, 0.6) is 5.75 Å². The van der Waals surface area contributed by atoms with Crippen molar-refractivity contribution in [3.8, 4) is 16.9 Å². The van der Waals surface area contributed by atoms with Crippen LogP contribution in [-0.2, 0) is 4.79 Å². The van der Waals surface area contributed by atoms with Gasteiger partial charge in [0.2, 0.25) is 0 Å². The fraction of sp³-hybridized carbons (Fsp3) is 0.0625. The third-order valence-electron chi connectivity index (χ3n) is 3.17. The van der Waals surface area contributed by atoms with E-state index in [4.69, 9.17) is 4.74 Å². The van der Waals surface area contributed by atoms with Gasteiger partial charge in [-0.15, -0.1) is 0 Å². The molecule has 1 heterocycles. The molecule has 0 saturated heterocycles. The number of carbonyl (C=O) groups is 1. The molecule has 0 aliphatic carbocycles. The van der Waals surface area contributed by atoms with Gasteiger partial charge in [0, 0.05) is 5.56 Å². The van der Waals surface area contributed by atoms with E-state index < -0.39 is 0 Å². The highest BCUT2D eigenvalue weighted by molar-refractivity contribution is 5.73. The molecule has 1 unspecified atom stereocenters. The second kappa shape index (κ2) is 4.69. The van der Waals surface area contributed by atoms with Crippen molar-refractivity contribution >= 4 is 6.29 Å². The minimum atomic E-state index is -0.288. The lowest BCUT2D eigenvalue weighted by Crippen LogP contribution is -2.05. The van der Waals surface area contributed by atoms with Gasteiger partial charge in [-0.2, -0.15) is 0 Å². The summed E-state index contributed by atoms with van der Waals surface area (Å²) in [6.07, 6.45) is 4.12. The van der Waals surface area contributed by atoms with E-state index in [1.807, 2.05) is 18.2 Å². The number of benzene rings is 2. The normalized spacial score (nSPS) is 16.6. The average Bonchev–Trinajstić information content (AvgIpc) is 2.47. The molecule has 0 saturated carbocycles. The summed E-state index contributed by atoms with van der Waals surface area (Å²) in [7, 11) is 0. The molecule has 1 aliphatic rings. The summed E-state index contributed by atoms with van der Waals surface area (Å²) in [6.45, 7) is 0. The summed E-state index contributed by atoms with van der Waals surface area (Å²) in [5.74, 6) is 0.133. The number of carbonyl (C=O) groups excluding carboxylic acids is 1. The van der Waals surface area contributed by atoms with Gasteiger partial charge in [0.15, 0.2) is 0 Å². The van der Waals surface area contributed by atoms with Gasteiger partial charge in [0.1, 0.15) is 17.9 Å². The Balaban J connectivity index is 2.06. The number of fused-ring (bicyclic) bond motifs is 1. The van der Waals surface area contributed by atoms with Crippen LogP contribution in [0.25, 0.3) is 11.1 Å². The molecule has 3 rings (SSSR count). The third kappa shape index (κ3) is 2.15. The zero-order chi connectivity index (χ0) is 13.2. The first-order chi connectivity index (χ1) is 9.28. The summed E-state index contributed by atoms with van der Waals surface area (Å²) >= 11 is 0. The molecule has 0 fully saturated rings. The Morgan fingerprint density at radius 1 is 1.05 bits per heavy atom. The number of aldehydes is 1. The maximum atomic E-state index is 12.9. The van der Waals surface area contributed by atoms with E-state index in [2.05, 4.69) is 0 Å². The molecule has 2 aromatic rings. The van der Waals surface area contributed by atoms with Crippen molar-refractivity contribution in [2.75, 3.05) is 0 Å². The van der Waals surface area contributed by atoms with Gasteiger partial charge in [-0.1, -0.05) is 18.2 Å². The predicted molar refractivity (Wildman–Crippen MR) is 70.4 cm³/mol. The summed E-state index contributed by atoms with van der Waals surface area (Å²) in [6, 6.07) is 11.9. The van der Waals surface area contributed by atoms with Crippen LogP contribution in [-0.4, -0.2) is 6.29 Å². The van der Waals surface area contributed by atoms with Gasteiger partial charge in [0.25, 0.3) is 0 Å². The number of halogens is 1. The molecule has 0 radical (unpaired) electrons. The Labute approximate surface area is 110 Å². The number of hydrogen-bond donors (Lipinski definition) is 0. The van der Waals surface area contributed by atoms with Gasteiger partial charge in [-0.3, -0.25) is 0 Å². The molecular formula is C16H11FO2. The first-order valence-corrected chi connectivity index (χ1v) is 5.96.